The van der Waals surface area contributed by atoms with Gasteiger partial charge in [-0.3, -0.25) is 14.5 Å². The first kappa shape index (κ1) is 29.5. The maximum absolute atomic E-state index is 13.6. The van der Waals surface area contributed by atoms with Gasteiger partial charge in [-0.15, -0.1) is 0 Å². The van der Waals surface area contributed by atoms with Gasteiger partial charge in [0.1, 0.15) is 11.6 Å². The Hall–Kier alpha value is -2.03. The van der Waals surface area contributed by atoms with Crippen LogP contribution in [0.5, 0.6) is 0 Å². The highest BCUT2D eigenvalue weighted by Gasteiger charge is 2.38. The third-order valence-corrected chi connectivity index (χ3v) is 7.43. The Morgan fingerprint density at radius 1 is 1.08 bits per heavy atom. The second kappa shape index (κ2) is 13.2. The summed E-state index contributed by atoms with van der Waals surface area (Å²) in [6.45, 7) is 9.86. The number of hydrogen-bond donors (Lipinski definition) is 1. The summed E-state index contributed by atoms with van der Waals surface area (Å²) in [4.78, 5) is 42.8. The van der Waals surface area contributed by atoms with Crippen LogP contribution < -0.4 is 5.32 Å². The summed E-state index contributed by atoms with van der Waals surface area (Å²) in [7, 11) is 0. The van der Waals surface area contributed by atoms with Crippen LogP contribution in [0.3, 0.4) is 0 Å². The SMILES string of the molecule is CCOC(=O)C1CCCCC1N1CCN(C(=O)C(Cc2ccc(Cl)cc2Cl)NC(=O)OC(C)(C)C)CC1. The van der Waals surface area contributed by atoms with E-state index in [0.29, 0.717) is 48.4 Å². The molecule has 1 saturated carbocycles. The van der Waals surface area contributed by atoms with Crippen molar-refractivity contribution in [2.75, 3.05) is 32.8 Å². The van der Waals surface area contributed by atoms with Crippen LogP contribution in [-0.4, -0.2) is 78.2 Å². The number of amides is 2. The van der Waals surface area contributed by atoms with E-state index in [9.17, 15) is 14.4 Å². The molecule has 0 aromatic heterocycles. The van der Waals surface area contributed by atoms with Crippen molar-refractivity contribution in [1.82, 2.24) is 15.1 Å². The summed E-state index contributed by atoms with van der Waals surface area (Å²) in [5.74, 6) is -0.432. The van der Waals surface area contributed by atoms with E-state index in [1.54, 1.807) is 43.9 Å². The molecule has 2 aliphatic rings. The zero-order chi connectivity index (χ0) is 27.2. The highest BCUT2D eigenvalue weighted by atomic mass is 35.5. The number of carbonyl (C=O) groups is 3. The van der Waals surface area contributed by atoms with Crippen LogP contribution in [0.4, 0.5) is 4.79 Å². The summed E-state index contributed by atoms with van der Waals surface area (Å²) < 4.78 is 10.8. The molecule has 3 unspecified atom stereocenters. The van der Waals surface area contributed by atoms with Crippen LogP contribution >= 0.6 is 23.2 Å². The number of hydrogen-bond acceptors (Lipinski definition) is 6. The first-order valence-corrected chi connectivity index (χ1v) is 13.9. The van der Waals surface area contributed by atoms with Crippen molar-refractivity contribution in [1.29, 1.82) is 0 Å². The van der Waals surface area contributed by atoms with E-state index >= 15 is 0 Å². The average Bonchev–Trinajstić information content (AvgIpc) is 2.84. The Morgan fingerprint density at radius 3 is 2.38 bits per heavy atom. The molecule has 1 aliphatic heterocycles. The van der Waals surface area contributed by atoms with Gasteiger partial charge in [0.2, 0.25) is 5.91 Å². The molecule has 3 atom stereocenters. The molecule has 1 aromatic carbocycles. The van der Waals surface area contributed by atoms with Crippen molar-refractivity contribution < 1.29 is 23.9 Å². The lowest BCUT2D eigenvalue weighted by atomic mass is 9.83. The molecule has 8 nitrogen and oxygen atoms in total. The largest absolute Gasteiger partial charge is 0.466 e. The normalized spacial score (nSPS) is 21.7. The number of ether oxygens (including phenoxy) is 2. The summed E-state index contributed by atoms with van der Waals surface area (Å²) in [5, 5.41) is 3.68. The number of nitrogens with one attached hydrogen (secondary N) is 1. The molecule has 1 saturated heterocycles. The monoisotopic (exact) mass is 555 g/mol. The molecule has 1 N–H and O–H groups in total. The molecule has 2 fully saturated rings. The van der Waals surface area contributed by atoms with Gasteiger partial charge in [-0.25, -0.2) is 4.79 Å². The number of rotatable bonds is 7. The average molecular weight is 557 g/mol. The predicted molar refractivity (Wildman–Crippen MR) is 144 cm³/mol. The highest BCUT2D eigenvalue weighted by molar-refractivity contribution is 6.35. The second-order valence-corrected chi connectivity index (χ2v) is 11.6. The number of carbonyl (C=O) groups excluding carboxylic acids is 3. The van der Waals surface area contributed by atoms with Crippen LogP contribution in [0.25, 0.3) is 0 Å². The van der Waals surface area contributed by atoms with E-state index in [4.69, 9.17) is 32.7 Å². The Balaban J connectivity index is 1.69. The van der Waals surface area contributed by atoms with Gasteiger partial charge in [0.05, 0.1) is 12.5 Å². The fourth-order valence-corrected chi connectivity index (χ4v) is 5.61. The second-order valence-electron chi connectivity index (χ2n) is 10.7. The van der Waals surface area contributed by atoms with Crippen molar-refractivity contribution in [3.63, 3.8) is 0 Å². The number of benzene rings is 1. The van der Waals surface area contributed by atoms with Crippen LogP contribution in [0, 0.1) is 5.92 Å². The lowest BCUT2D eigenvalue weighted by molar-refractivity contribution is -0.153. The highest BCUT2D eigenvalue weighted by Crippen LogP contribution is 2.30. The Labute approximate surface area is 229 Å². The maximum atomic E-state index is 13.6. The van der Waals surface area contributed by atoms with Gasteiger partial charge < -0.3 is 19.7 Å². The van der Waals surface area contributed by atoms with Crippen molar-refractivity contribution in [2.24, 2.45) is 5.92 Å². The molecule has 0 spiro atoms. The minimum Gasteiger partial charge on any atom is -0.466 e. The first-order valence-electron chi connectivity index (χ1n) is 13.1. The van der Waals surface area contributed by atoms with Gasteiger partial charge >= 0.3 is 12.1 Å². The standard InChI is InChI=1S/C27H39Cl2N3O5/c1-5-36-25(34)20-8-6-7-9-23(20)31-12-14-32(15-13-31)24(33)22(30-26(35)37-27(2,3)4)16-18-10-11-19(28)17-21(18)29/h10-11,17,20,22-23H,5-9,12-16H2,1-4H3,(H,30,35). The zero-order valence-corrected chi connectivity index (χ0v) is 23.7. The summed E-state index contributed by atoms with van der Waals surface area (Å²) >= 11 is 12.4. The third-order valence-electron chi connectivity index (χ3n) is 6.84. The van der Waals surface area contributed by atoms with Crippen molar-refractivity contribution >= 4 is 41.2 Å². The number of alkyl carbamates (subject to hydrolysis) is 1. The molecule has 2 amide bonds. The van der Waals surface area contributed by atoms with Crippen molar-refractivity contribution in [2.45, 2.75) is 77.5 Å². The molecule has 1 heterocycles. The van der Waals surface area contributed by atoms with Gasteiger partial charge in [0.15, 0.2) is 0 Å². The summed E-state index contributed by atoms with van der Waals surface area (Å²) in [5.41, 5.74) is 0.00930. The molecule has 10 heteroatoms. The molecule has 3 rings (SSSR count). The Morgan fingerprint density at radius 2 is 1.76 bits per heavy atom. The number of nitrogens with zero attached hydrogens (tertiary/aromatic N) is 2. The van der Waals surface area contributed by atoms with Crippen LogP contribution in [-0.2, 0) is 25.5 Å². The molecular weight excluding hydrogens is 517 g/mol. The Bertz CT molecular complexity index is 960. The third kappa shape index (κ3) is 8.48. The van der Waals surface area contributed by atoms with Gasteiger partial charge in [-0.05, 0) is 58.2 Å². The zero-order valence-electron chi connectivity index (χ0n) is 22.2. The first-order chi connectivity index (χ1) is 17.5. The van der Waals surface area contributed by atoms with Crippen LogP contribution in [0.2, 0.25) is 10.0 Å². The van der Waals surface area contributed by atoms with E-state index in [1.807, 2.05) is 6.92 Å². The van der Waals surface area contributed by atoms with Gasteiger partial charge in [-0.2, -0.15) is 0 Å². The van der Waals surface area contributed by atoms with Gasteiger partial charge in [0, 0.05) is 48.7 Å². The van der Waals surface area contributed by atoms with E-state index in [0.717, 1.165) is 25.7 Å². The fraction of sp³-hybridized carbons (Fsp3) is 0.667. The van der Waals surface area contributed by atoms with E-state index in [-0.39, 0.29) is 30.3 Å². The fourth-order valence-electron chi connectivity index (χ4n) is 5.12. The number of esters is 1. The van der Waals surface area contributed by atoms with Gasteiger partial charge in [-0.1, -0.05) is 42.1 Å². The summed E-state index contributed by atoms with van der Waals surface area (Å²) in [6.07, 6.45) is 3.46. The smallest absolute Gasteiger partial charge is 0.408 e. The van der Waals surface area contributed by atoms with Crippen LogP contribution in [0.1, 0.15) is 58.9 Å². The van der Waals surface area contributed by atoms with Gasteiger partial charge in [0.25, 0.3) is 0 Å². The number of halogens is 2. The van der Waals surface area contributed by atoms with E-state index in [2.05, 4.69) is 10.2 Å². The van der Waals surface area contributed by atoms with Crippen molar-refractivity contribution in [3.05, 3.63) is 33.8 Å². The molecule has 206 valence electrons. The quantitative estimate of drug-likeness (QED) is 0.491. The minimum atomic E-state index is -0.845. The molecule has 1 aliphatic carbocycles. The molecule has 0 radical (unpaired) electrons. The predicted octanol–water partition coefficient (Wildman–Crippen LogP) is 4.70. The van der Waals surface area contributed by atoms with E-state index in [1.165, 1.54) is 0 Å². The number of piperazine rings is 1. The maximum Gasteiger partial charge on any atom is 0.408 e. The van der Waals surface area contributed by atoms with Crippen LogP contribution in [0.15, 0.2) is 18.2 Å². The minimum absolute atomic E-state index is 0.118. The lowest BCUT2D eigenvalue weighted by Crippen LogP contribution is -2.58. The van der Waals surface area contributed by atoms with Crippen molar-refractivity contribution in [3.8, 4) is 0 Å². The Kier molecular flexibility index (Phi) is 10.5. The molecule has 1 aromatic rings. The summed E-state index contributed by atoms with van der Waals surface area (Å²) in [6, 6.07) is 4.38. The molecule has 0 bridgehead atoms. The molecular formula is C27H39Cl2N3O5. The van der Waals surface area contributed by atoms with E-state index < -0.39 is 17.7 Å². The molecule has 37 heavy (non-hydrogen) atoms. The lowest BCUT2D eigenvalue weighted by Gasteiger charge is -2.44. The topological polar surface area (TPSA) is 88.2 Å².